The Morgan fingerprint density at radius 1 is 1.21 bits per heavy atom. The number of aromatic amines is 1. The van der Waals surface area contributed by atoms with E-state index in [0.717, 1.165) is 10.9 Å². The molecule has 0 spiro atoms. The highest BCUT2D eigenvalue weighted by molar-refractivity contribution is 5.96. The number of nitrogens with zero attached hydrogens (tertiary/aromatic N) is 1. The summed E-state index contributed by atoms with van der Waals surface area (Å²) in [4.78, 5) is 28.6. The first-order chi connectivity index (χ1) is 9.06. The van der Waals surface area contributed by atoms with Crippen LogP contribution in [0.5, 0.6) is 0 Å². The number of H-pyrrole nitrogens is 1. The van der Waals surface area contributed by atoms with Crippen LogP contribution in [0.1, 0.15) is 29.9 Å². The van der Waals surface area contributed by atoms with Crippen LogP contribution in [0, 0.1) is 6.92 Å². The Morgan fingerprint density at radius 2 is 1.89 bits per heavy atom. The quantitative estimate of drug-likeness (QED) is 0.918. The third kappa shape index (κ3) is 2.52. The van der Waals surface area contributed by atoms with Crippen LogP contribution in [-0.2, 0) is 0 Å². The number of benzene rings is 1. The maximum absolute atomic E-state index is 12.2. The van der Waals surface area contributed by atoms with Gasteiger partial charge in [-0.05, 0) is 38.3 Å². The molecule has 2 rings (SSSR count). The van der Waals surface area contributed by atoms with Gasteiger partial charge in [0, 0.05) is 18.5 Å². The van der Waals surface area contributed by atoms with Crippen molar-refractivity contribution in [3.63, 3.8) is 0 Å². The summed E-state index contributed by atoms with van der Waals surface area (Å²) < 4.78 is 0. The summed E-state index contributed by atoms with van der Waals surface area (Å²) in [6.45, 7) is 7.04. The molecule has 1 heterocycles. The second-order valence-corrected chi connectivity index (χ2v) is 4.58. The average Bonchev–Trinajstić information content (AvgIpc) is 2.40. The Bertz CT molecular complexity index is 669. The molecule has 4 nitrogen and oxygen atoms in total. The van der Waals surface area contributed by atoms with Gasteiger partial charge in [-0.1, -0.05) is 17.7 Å². The molecule has 4 heteroatoms. The Hall–Kier alpha value is -2.10. The summed E-state index contributed by atoms with van der Waals surface area (Å²) in [5.74, 6) is -0.135. The summed E-state index contributed by atoms with van der Waals surface area (Å²) in [5, 5.41) is 1.42. The maximum atomic E-state index is 12.2. The van der Waals surface area contributed by atoms with Crippen LogP contribution in [0.3, 0.4) is 0 Å². The molecule has 1 N–H and O–H groups in total. The summed E-state index contributed by atoms with van der Waals surface area (Å²) in [6, 6.07) is 7.39. The number of hydrogen-bond donors (Lipinski definition) is 1. The van der Waals surface area contributed by atoms with Crippen molar-refractivity contribution in [3.8, 4) is 0 Å². The highest BCUT2D eigenvalue weighted by Crippen LogP contribution is 2.13. The molecule has 0 bridgehead atoms. The number of carbonyl (C=O) groups is 1. The molecule has 0 saturated heterocycles. The summed E-state index contributed by atoms with van der Waals surface area (Å²) >= 11 is 0. The second-order valence-electron chi connectivity index (χ2n) is 4.58. The summed E-state index contributed by atoms with van der Waals surface area (Å²) in [6.07, 6.45) is 0. The molecule has 0 radical (unpaired) electrons. The SMILES string of the molecule is CCN(CC)C(=O)c1cc2ccc(C)cc2c(=O)[nH]1. The lowest BCUT2D eigenvalue weighted by Crippen LogP contribution is -2.32. The fourth-order valence-electron chi connectivity index (χ4n) is 2.17. The van der Waals surface area contributed by atoms with E-state index in [1.54, 1.807) is 11.0 Å². The normalized spacial score (nSPS) is 10.7. The molecule has 2 aromatic rings. The largest absolute Gasteiger partial charge is 0.338 e. The number of hydrogen-bond acceptors (Lipinski definition) is 2. The van der Waals surface area contributed by atoms with Crippen LogP contribution in [0.2, 0.25) is 0 Å². The number of aryl methyl sites for hydroxylation is 1. The number of aromatic nitrogens is 1. The molecule has 0 aliphatic rings. The van der Waals surface area contributed by atoms with Crippen LogP contribution in [0.4, 0.5) is 0 Å². The number of carbonyl (C=O) groups excluding carboxylic acids is 1. The topological polar surface area (TPSA) is 53.2 Å². The molecule has 1 aromatic carbocycles. The van der Waals surface area contributed by atoms with Gasteiger partial charge in [0.15, 0.2) is 0 Å². The number of rotatable bonds is 3. The molecule has 0 atom stereocenters. The van der Waals surface area contributed by atoms with Crippen molar-refractivity contribution in [1.82, 2.24) is 9.88 Å². The van der Waals surface area contributed by atoms with E-state index >= 15 is 0 Å². The van der Waals surface area contributed by atoms with Gasteiger partial charge in [0.2, 0.25) is 0 Å². The monoisotopic (exact) mass is 258 g/mol. The van der Waals surface area contributed by atoms with Crippen molar-refractivity contribution in [2.24, 2.45) is 0 Å². The molecular weight excluding hydrogens is 240 g/mol. The van der Waals surface area contributed by atoms with Crippen LogP contribution >= 0.6 is 0 Å². The van der Waals surface area contributed by atoms with Gasteiger partial charge in [-0.25, -0.2) is 0 Å². The van der Waals surface area contributed by atoms with Gasteiger partial charge in [0.25, 0.3) is 11.5 Å². The molecular formula is C15H18N2O2. The van der Waals surface area contributed by atoms with Gasteiger partial charge < -0.3 is 9.88 Å². The summed E-state index contributed by atoms with van der Waals surface area (Å²) in [5.41, 5.74) is 1.17. The minimum atomic E-state index is -0.211. The Morgan fingerprint density at radius 3 is 2.53 bits per heavy atom. The van der Waals surface area contributed by atoms with E-state index in [1.807, 2.05) is 39.0 Å². The van der Waals surface area contributed by atoms with E-state index in [2.05, 4.69) is 4.98 Å². The standard InChI is InChI=1S/C15H18N2O2/c1-4-17(5-2)15(19)13-9-11-7-6-10(3)8-12(11)14(18)16-13/h6-9H,4-5H2,1-3H3,(H,16,18). The Balaban J connectivity index is 2.55. The molecule has 19 heavy (non-hydrogen) atoms. The Kier molecular flexibility index (Phi) is 3.69. The van der Waals surface area contributed by atoms with Gasteiger partial charge in [-0.3, -0.25) is 9.59 Å². The van der Waals surface area contributed by atoms with E-state index in [1.165, 1.54) is 0 Å². The van der Waals surface area contributed by atoms with Gasteiger partial charge >= 0.3 is 0 Å². The predicted octanol–water partition coefficient (Wildman–Crippen LogP) is 2.32. The Labute approximate surface area is 112 Å². The number of fused-ring (bicyclic) bond motifs is 1. The highest BCUT2D eigenvalue weighted by atomic mass is 16.2. The minimum Gasteiger partial charge on any atom is -0.338 e. The molecule has 1 amide bonds. The maximum Gasteiger partial charge on any atom is 0.270 e. The van der Waals surface area contributed by atoms with E-state index in [4.69, 9.17) is 0 Å². The highest BCUT2D eigenvalue weighted by Gasteiger charge is 2.14. The fourth-order valence-corrected chi connectivity index (χ4v) is 2.17. The molecule has 0 aliphatic heterocycles. The molecule has 0 fully saturated rings. The third-order valence-corrected chi connectivity index (χ3v) is 3.28. The van der Waals surface area contributed by atoms with Crippen LogP contribution in [-0.4, -0.2) is 28.9 Å². The lowest BCUT2D eigenvalue weighted by Gasteiger charge is -2.18. The third-order valence-electron chi connectivity index (χ3n) is 3.28. The average molecular weight is 258 g/mol. The van der Waals surface area contributed by atoms with Crippen molar-refractivity contribution in [2.45, 2.75) is 20.8 Å². The van der Waals surface area contributed by atoms with E-state index < -0.39 is 0 Å². The van der Waals surface area contributed by atoms with Crippen molar-refractivity contribution < 1.29 is 4.79 Å². The molecule has 0 saturated carbocycles. The zero-order chi connectivity index (χ0) is 14.0. The lowest BCUT2D eigenvalue weighted by atomic mass is 10.1. The van der Waals surface area contributed by atoms with Gasteiger partial charge in [-0.2, -0.15) is 0 Å². The van der Waals surface area contributed by atoms with E-state index in [9.17, 15) is 9.59 Å². The first-order valence-electron chi connectivity index (χ1n) is 6.49. The van der Waals surface area contributed by atoms with Crippen LogP contribution in [0.15, 0.2) is 29.1 Å². The number of pyridine rings is 1. The van der Waals surface area contributed by atoms with E-state index in [-0.39, 0.29) is 11.5 Å². The predicted molar refractivity (Wildman–Crippen MR) is 76.6 cm³/mol. The second kappa shape index (κ2) is 5.26. The molecule has 1 aromatic heterocycles. The number of nitrogens with one attached hydrogen (secondary N) is 1. The van der Waals surface area contributed by atoms with Crippen molar-refractivity contribution >= 4 is 16.7 Å². The zero-order valence-electron chi connectivity index (χ0n) is 11.5. The molecule has 0 aliphatic carbocycles. The van der Waals surface area contributed by atoms with Crippen LogP contribution in [0.25, 0.3) is 10.8 Å². The van der Waals surface area contributed by atoms with Gasteiger partial charge in [-0.15, -0.1) is 0 Å². The smallest absolute Gasteiger partial charge is 0.270 e. The van der Waals surface area contributed by atoms with Gasteiger partial charge in [0.1, 0.15) is 5.69 Å². The first-order valence-corrected chi connectivity index (χ1v) is 6.49. The molecule has 0 unspecified atom stereocenters. The number of amides is 1. The lowest BCUT2D eigenvalue weighted by molar-refractivity contribution is 0.0767. The molecule has 100 valence electrons. The van der Waals surface area contributed by atoms with Gasteiger partial charge in [0.05, 0.1) is 0 Å². The van der Waals surface area contributed by atoms with Crippen molar-refractivity contribution in [1.29, 1.82) is 0 Å². The van der Waals surface area contributed by atoms with Crippen molar-refractivity contribution in [3.05, 3.63) is 45.9 Å². The van der Waals surface area contributed by atoms with Crippen molar-refractivity contribution in [2.75, 3.05) is 13.1 Å². The first kappa shape index (κ1) is 13.3. The fraction of sp³-hybridized carbons (Fsp3) is 0.333. The minimum absolute atomic E-state index is 0.135. The van der Waals surface area contributed by atoms with Crippen LogP contribution < -0.4 is 5.56 Å². The van der Waals surface area contributed by atoms with E-state index in [0.29, 0.717) is 24.2 Å². The zero-order valence-corrected chi connectivity index (χ0v) is 11.5. The summed E-state index contributed by atoms with van der Waals surface area (Å²) in [7, 11) is 0.